The predicted molar refractivity (Wildman–Crippen MR) is 103 cm³/mol. The predicted octanol–water partition coefficient (Wildman–Crippen LogP) is 1.46. The number of hydrogen-bond donors (Lipinski definition) is 2. The molecule has 1 saturated heterocycles. The number of carbonyl (C=O) groups is 3. The van der Waals surface area contributed by atoms with Crippen molar-refractivity contribution >= 4 is 29.5 Å². The van der Waals surface area contributed by atoms with E-state index in [-0.39, 0.29) is 18.1 Å². The number of nitrogens with zero attached hydrogens (tertiary/aromatic N) is 6. The molecule has 0 aromatic carbocycles. The fraction of sp³-hybridized carbons (Fsp3) is 0.389. The van der Waals surface area contributed by atoms with Crippen molar-refractivity contribution in [2.75, 3.05) is 18.4 Å². The van der Waals surface area contributed by atoms with Gasteiger partial charge in [-0.3, -0.25) is 10.0 Å². The standard InChI is InChI=1S/C18H21N7O5/c1-18(2,3)30-17(28)24-7-5-14(21-24)19-15(26)13-4-6-23(20-13)11-8-12-10-22(9-11)16(27)25(12)29/h4-8,12,29H,9-10H2,1-3H3,(H,19,21,26). The second-order valence-corrected chi connectivity index (χ2v) is 7.96. The number of aromatic nitrogens is 4. The van der Waals surface area contributed by atoms with Crippen molar-refractivity contribution in [2.24, 2.45) is 0 Å². The Morgan fingerprint density at radius 3 is 2.70 bits per heavy atom. The largest absolute Gasteiger partial charge is 0.442 e. The Kier molecular flexibility index (Phi) is 4.57. The Bertz CT molecular complexity index is 1050. The third-order valence-corrected chi connectivity index (χ3v) is 4.45. The summed E-state index contributed by atoms with van der Waals surface area (Å²) >= 11 is 0. The molecule has 2 aromatic rings. The second-order valence-electron chi connectivity index (χ2n) is 7.96. The Hall–Kier alpha value is -3.67. The molecular formula is C18H21N7O5. The van der Waals surface area contributed by atoms with Gasteiger partial charge in [-0.25, -0.2) is 14.3 Å². The summed E-state index contributed by atoms with van der Waals surface area (Å²) in [6.07, 6.45) is 4.06. The van der Waals surface area contributed by atoms with Crippen molar-refractivity contribution < 1.29 is 24.3 Å². The normalized spacial score (nSPS) is 18.5. The Morgan fingerprint density at radius 1 is 1.23 bits per heavy atom. The van der Waals surface area contributed by atoms with Gasteiger partial charge in [-0.1, -0.05) is 0 Å². The average molecular weight is 415 g/mol. The van der Waals surface area contributed by atoms with Gasteiger partial charge >= 0.3 is 12.1 Å². The van der Waals surface area contributed by atoms with Crippen molar-refractivity contribution in [1.82, 2.24) is 29.5 Å². The summed E-state index contributed by atoms with van der Waals surface area (Å²) in [6, 6.07) is 2.08. The fourth-order valence-electron chi connectivity index (χ4n) is 3.13. The molecule has 4 rings (SSSR count). The van der Waals surface area contributed by atoms with E-state index in [4.69, 9.17) is 4.74 Å². The number of nitrogens with one attached hydrogen (secondary N) is 1. The molecule has 4 heterocycles. The van der Waals surface area contributed by atoms with E-state index >= 15 is 0 Å². The van der Waals surface area contributed by atoms with Gasteiger partial charge < -0.3 is 15.0 Å². The first-order chi connectivity index (χ1) is 14.1. The number of urea groups is 1. The molecule has 158 valence electrons. The summed E-state index contributed by atoms with van der Waals surface area (Å²) in [4.78, 5) is 37.8. The van der Waals surface area contributed by atoms with Gasteiger partial charge in [0.25, 0.3) is 5.91 Å². The van der Waals surface area contributed by atoms with E-state index < -0.39 is 29.7 Å². The molecule has 1 fully saturated rings. The highest BCUT2D eigenvalue weighted by atomic mass is 16.6. The van der Waals surface area contributed by atoms with Crippen molar-refractivity contribution in [3.05, 3.63) is 36.3 Å². The highest BCUT2D eigenvalue weighted by Gasteiger charge is 2.39. The quantitative estimate of drug-likeness (QED) is 0.725. The van der Waals surface area contributed by atoms with E-state index in [1.165, 1.54) is 27.9 Å². The molecule has 12 heteroatoms. The molecule has 2 N–H and O–H groups in total. The molecule has 0 radical (unpaired) electrons. The molecule has 2 bridgehead atoms. The van der Waals surface area contributed by atoms with Crippen LogP contribution in [0.15, 0.2) is 30.6 Å². The van der Waals surface area contributed by atoms with Gasteiger partial charge in [0.1, 0.15) is 5.60 Å². The highest BCUT2D eigenvalue weighted by Crippen LogP contribution is 2.24. The minimum absolute atomic E-state index is 0.128. The van der Waals surface area contributed by atoms with Crippen molar-refractivity contribution in [3.63, 3.8) is 0 Å². The first-order valence-electron chi connectivity index (χ1n) is 9.25. The number of ether oxygens (including phenoxy) is 1. The lowest BCUT2D eigenvalue weighted by Gasteiger charge is -2.20. The minimum atomic E-state index is -0.666. The number of rotatable bonds is 3. The summed E-state index contributed by atoms with van der Waals surface area (Å²) < 4.78 is 7.69. The lowest BCUT2D eigenvalue weighted by molar-refractivity contribution is -0.0450. The van der Waals surface area contributed by atoms with Gasteiger partial charge in [0, 0.05) is 25.0 Å². The van der Waals surface area contributed by atoms with Crippen LogP contribution in [-0.2, 0) is 4.74 Å². The zero-order chi connectivity index (χ0) is 21.6. The third-order valence-electron chi connectivity index (χ3n) is 4.45. The van der Waals surface area contributed by atoms with Crippen molar-refractivity contribution in [3.8, 4) is 0 Å². The van der Waals surface area contributed by atoms with Crippen LogP contribution in [-0.4, -0.2) is 77.5 Å². The van der Waals surface area contributed by atoms with E-state index in [0.717, 1.165) is 4.68 Å². The Labute approximate surface area is 171 Å². The van der Waals surface area contributed by atoms with Crippen molar-refractivity contribution in [2.45, 2.75) is 32.4 Å². The minimum Gasteiger partial charge on any atom is -0.442 e. The molecule has 1 unspecified atom stereocenters. The molecule has 2 aliphatic heterocycles. The number of hydroxylamine groups is 2. The van der Waals surface area contributed by atoms with Gasteiger partial charge in [-0.2, -0.15) is 14.8 Å². The molecule has 0 spiro atoms. The van der Waals surface area contributed by atoms with Crippen molar-refractivity contribution in [1.29, 1.82) is 0 Å². The van der Waals surface area contributed by atoms with Gasteiger partial charge in [0.15, 0.2) is 11.5 Å². The number of carbonyl (C=O) groups excluding carboxylic acids is 3. The van der Waals surface area contributed by atoms with Crippen LogP contribution in [0.1, 0.15) is 31.3 Å². The topological polar surface area (TPSA) is 135 Å². The van der Waals surface area contributed by atoms with Gasteiger partial charge in [-0.05, 0) is 32.9 Å². The van der Waals surface area contributed by atoms with Gasteiger partial charge in [-0.15, -0.1) is 5.10 Å². The number of amides is 3. The summed E-state index contributed by atoms with van der Waals surface area (Å²) in [5.74, 6) is -0.342. The molecule has 2 aromatic heterocycles. The van der Waals surface area contributed by atoms with Crippen LogP contribution in [0.2, 0.25) is 0 Å². The molecule has 0 aliphatic carbocycles. The molecule has 30 heavy (non-hydrogen) atoms. The van der Waals surface area contributed by atoms with Crippen LogP contribution in [0.3, 0.4) is 0 Å². The van der Waals surface area contributed by atoms with Crippen LogP contribution >= 0.6 is 0 Å². The molecule has 12 nitrogen and oxygen atoms in total. The first-order valence-corrected chi connectivity index (χ1v) is 9.25. The van der Waals surface area contributed by atoms with Crippen LogP contribution in [0, 0.1) is 0 Å². The lowest BCUT2D eigenvalue weighted by Crippen LogP contribution is -2.31. The van der Waals surface area contributed by atoms with Gasteiger partial charge in [0.2, 0.25) is 0 Å². The maximum Gasteiger partial charge on any atom is 0.435 e. The molecule has 0 saturated carbocycles. The highest BCUT2D eigenvalue weighted by molar-refractivity contribution is 6.02. The SMILES string of the molecule is CC(C)(C)OC(=O)n1ccc(NC(=O)c2ccn(C3=CC4CN(C3)C(=O)N4O)n2)n1. The Morgan fingerprint density at radius 2 is 2.00 bits per heavy atom. The lowest BCUT2D eigenvalue weighted by atomic mass is 10.2. The van der Waals surface area contributed by atoms with Crippen LogP contribution in [0.5, 0.6) is 0 Å². The monoisotopic (exact) mass is 415 g/mol. The first kappa shape index (κ1) is 19.6. The fourth-order valence-corrected chi connectivity index (χ4v) is 3.13. The second kappa shape index (κ2) is 6.99. The van der Waals surface area contributed by atoms with Crippen LogP contribution in [0.4, 0.5) is 15.4 Å². The third kappa shape index (κ3) is 3.76. The van der Waals surface area contributed by atoms with E-state index in [1.807, 2.05) is 0 Å². The van der Waals surface area contributed by atoms with E-state index in [2.05, 4.69) is 15.5 Å². The van der Waals surface area contributed by atoms with E-state index in [0.29, 0.717) is 17.3 Å². The summed E-state index contributed by atoms with van der Waals surface area (Å²) in [5, 5.41) is 21.2. The molecule has 3 amide bonds. The maximum absolute atomic E-state index is 12.5. The molecule has 2 aliphatic rings. The smallest absolute Gasteiger partial charge is 0.435 e. The summed E-state index contributed by atoms with van der Waals surface area (Å²) in [6.45, 7) is 5.91. The molecular weight excluding hydrogens is 394 g/mol. The molecule has 1 atom stereocenters. The number of fused-ring (bicyclic) bond motifs is 2. The van der Waals surface area contributed by atoms with E-state index in [1.54, 1.807) is 33.0 Å². The number of anilines is 1. The summed E-state index contributed by atoms with van der Waals surface area (Å²) in [5.41, 5.74) is 0.132. The van der Waals surface area contributed by atoms with Crippen LogP contribution in [0.25, 0.3) is 5.70 Å². The summed E-state index contributed by atoms with van der Waals surface area (Å²) in [7, 11) is 0. The van der Waals surface area contributed by atoms with Crippen LogP contribution < -0.4 is 5.32 Å². The number of hydrogen-bond acceptors (Lipinski definition) is 7. The Balaban J connectivity index is 1.43. The van der Waals surface area contributed by atoms with Gasteiger partial charge in [0.05, 0.1) is 18.3 Å². The zero-order valence-corrected chi connectivity index (χ0v) is 16.6. The average Bonchev–Trinajstić information content (AvgIpc) is 3.38. The van der Waals surface area contributed by atoms with E-state index in [9.17, 15) is 19.6 Å². The maximum atomic E-state index is 12.5. The zero-order valence-electron chi connectivity index (χ0n) is 16.6.